The molecule has 154 valence electrons. The van der Waals surface area contributed by atoms with Crippen LogP contribution < -0.4 is 10.6 Å². The van der Waals surface area contributed by atoms with Gasteiger partial charge < -0.3 is 15.1 Å². The zero-order valence-electron chi connectivity index (χ0n) is 17.7. The maximum Gasteiger partial charge on any atom is 0.226 e. The van der Waals surface area contributed by atoms with Crippen LogP contribution in [-0.4, -0.2) is 22.5 Å². The van der Waals surface area contributed by atoms with Crippen molar-refractivity contribution in [1.82, 2.24) is 20.6 Å². The Labute approximate surface area is 176 Å². The number of aryl methyl sites for hydroxylation is 1. The Kier molecular flexibility index (Phi) is 6.69. The second-order valence-corrected chi connectivity index (χ2v) is 8.88. The van der Waals surface area contributed by atoms with Gasteiger partial charge in [-0.25, -0.2) is 15.0 Å². The zero-order valence-corrected chi connectivity index (χ0v) is 18.6. The summed E-state index contributed by atoms with van der Waals surface area (Å²) in [5.41, 5.74) is 4.15. The van der Waals surface area contributed by atoms with Crippen LogP contribution in [0.15, 0.2) is 45.3 Å². The van der Waals surface area contributed by atoms with Crippen molar-refractivity contribution in [3.05, 3.63) is 57.9 Å². The average Bonchev–Trinajstić information content (AvgIpc) is 3.34. The molecule has 29 heavy (non-hydrogen) atoms. The number of oxazole rings is 1. The molecular weight excluding hydrogens is 382 g/mol. The van der Waals surface area contributed by atoms with Gasteiger partial charge >= 0.3 is 0 Å². The first-order valence-corrected chi connectivity index (χ1v) is 10.7. The van der Waals surface area contributed by atoms with Crippen molar-refractivity contribution in [2.75, 3.05) is 6.54 Å². The van der Waals surface area contributed by atoms with Crippen LogP contribution in [0.2, 0.25) is 0 Å². The second-order valence-electron chi connectivity index (χ2n) is 7.94. The average molecular weight is 412 g/mol. The molecule has 1 aromatic carbocycles. The number of rotatable bonds is 6. The van der Waals surface area contributed by atoms with E-state index in [4.69, 9.17) is 9.40 Å². The summed E-state index contributed by atoms with van der Waals surface area (Å²) in [6.07, 6.45) is 1.67. The normalized spacial score (nSPS) is 12.2. The van der Waals surface area contributed by atoms with Gasteiger partial charge in [-0.3, -0.25) is 0 Å². The quantitative estimate of drug-likeness (QED) is 0.456. The summed E-state index contributed by atoms with van der Waals surface area (Å²) < 4.78 is 5.62. The van der Waals surface area contributed by atoms with Crippen molar-refractivity contribution in [3.8, 4) is 11.5 Å². The molecule has 0 aliphatic carbocycles. The summed E-state index contributed by atoms with van der Waals surface area (Å²) in [7, 11) is 0. The number of hydrogen-bond acceptors (Lipinski definition) is 5. The molecule has 0 fully saturated rings. The van der Waals surface area contributed by atoms with Crippen LogP contribution in [0.25, 0.3) is 11.5 Å². The van der Waals surface area contributed by atoms with Crippen LogP contribution in [0.1, 0.15) is 49.7 Å². The number of aromatic nitrogens is 2. The zero-order chi connectivity index (χ0) is 20.9. The fourth-order valence-electron chi connectivity index (χ4n) is 2.61. The first-order chi connectivity index (χ1) is 13.8. The molecule has 0 unspecified atom stereocenters. The van der Waals surface area contributed by atoms with Gasteiger partial charge in [0.15, 0.2) is 5.96 Å². The lowest BCUT2D eigenvalue weighted by molar-refractivity contribution is 0.570. The summed E-state index contributed by atoms with van der Waals surface area (Å²) in [5, 5.41) is 9.78. The number of nitrogens with one attached hydrogen (secondary N) is 2. The lowest BCUT2D eigenvalue weighted by Gasteiger charge is -2.14. The van der Waals surface area contributed by atoms with Gasteiger partial charge in [0.2, 0.25) is 5.89 Å². The standard InChI is InChI=1S/C22H29N5OS/c1-6-23-21(25-12-19-27-18(14-29-19)22(3,4)5)24-11-17-13-28-20(26-17)16-9-7-15(2)8-10-16/h7-10,13-14H,6,11-12H2,1-5H3,(H2,23,24,25). The predicted octanol–water partition coefficient (Wildman–Crippen LogP) is 4.66. The molecule has 0 spiro atoms. The summed E-state index contributed by atoms with van der Waals surface area (Å²) in [6.45, 7) is 12.5. The lowest BCUT2D eigenvalue weighted by atomic mass is 9.93. The van der Waals surface area contributed by atoms with E-state index in [2.05, 4.69) is 53.7 Å². The molecular formula is C22H29N5OS. The van der Waals surface area contributed by atoms with Gasteiger partial charge in [0.05, 0.1) is 18.8 Å². The van der Waals surface area contributed by atoms with Crippen LogP contribution in [-0.2, 0) is 18.5 Å². The molecule has 0 amide bonds. The molecule has 6 nitrogen and oxygen atoms in total. The van der Waals surface area contributed by atoms with Crippen molar-refractivity contribution in [2.45, 2.75) is 53.1 Å². The summed E-state index contributed by atoms with van der Waals surface area (Å²) in [4.78, 5) is 13.9. The molecule has 0 radical (unpaired) electrons. The number of benzene rings is 1. The number of hydrogen-bond donors (Lipinski definition) is 2. The Hall–Kier alpha value is -2.67. The van der Waals surface area contributed by atoms with Gasteiger partial charge in [0.1, 0.15) is 17.0 Å². The maximum absolute atomic E-state index is 5.62. The largest absolute Gasteiger partial charge is 0.444 e. The minimum Gasteiger partial charge on any atom is -0.444 e. The number of aliphatic imine (C=N–C) groups is 1. The summed E-state index contributed by atoms with van der Waals surface area (Å²) in [6, 6.07) is 8.13. The Morgan fingerprint density at radius 2 is 1.90 bits per heavy atom. The predicted molar refractivity (Wildman–Crippen MR) is 119 cm³/mol. The van der Waals surface area contributed by atoms with Crippen molar-refractivity contribution < 1.29 is 4.42 Å². The molecule has 0 saturated heterocycles. The number of guanidine groups is 1. The molecule has 0 saturated carbocycles. The first kappa shape index (κ1) is 21.0. The van der Waals surface area contributed by atoms with E-state index in [0.717, 1.165) is 34.5 Å². The highest BCUT2D eigenvalue weighted by atomic mass is 32.1. The van der Waals surface area contributed by atoms with E-state index in [0.29, 0.717) is 19.0 Å². The van der Waals surface area contributed by atoms with E-state index in [1.807, 2.05) is 31.2 Å². The molecule has 0 aliphatic heterocycles. The maximum atomic E-state index is 5.62. The fourth-order valence-corrected chi connectivity index (χ4v) is 3.57. The highest BCUT2D eigenvalue weighted by molar-refractivity contribution is 7.09. The van der Waals surface area contributed by atoms with E-state index < -0.39 is 0 Å². The van der Waals surface area contributed by atoms with Gasteiger partial charge in [-0.1, -0.05) is 38.5 Å². The van der Waals surface area contributed by atoms with Gasteiger partial charge in [-0.05, 0) is 26.0 Å². The SMILES string of the molecule is CCNC(=NCc1coc(-c2ccc(C)cc2)n1)NCc1nc(C(C)(C)C)cs1. The third kappa shape index (κ3) is 5.90. The first-order valence-electron chi connectivity index (χ1n) is 9.83. The number of thiazole rings is 1. The van der Waals surface area contributed by atoms with Crippen molar-refractivity contribution in [1.29, 1.82) is 0 Å². The molecule has 3 rings (SSSR count). The minimum absolute atomic E-state index is 0.0649. The minimum atomic E-state index is 0.0649. The molecule has 0 bridgehead atoms. The van der Waals surface area contributed by atoms with Crippen LogP contribution >= 0.6 is 11.3 Å². The topological polar surface area (TPSA) is 75.3 Å². The third-order valence-corrected chi connectivity index (χ3v) is 5.17. The Morgan fingerprint density at radius 1 is 1.14 bits per heavy atom. The molecule has 2 heterocycles. The highest BCUT2D eigenvalue weighted by Gasteiger charge is 2.17. The van der Waals surface area contributed by atoms with Gasteiger partial charge in [-0.2, -0.15) is 0 Å². The van der Waals surface area contributed by atoms with Crippen molar-refractivity contribution in [3.63, 3.8) is 0 Å². The van der Waals surface area contributed by atoms with E-state index in [9.17, 15) is 0 Å². The Bertz CT molecular complexity index is 950. The van der Waals surface area contributed by atoms with Crippen LogP contribution in [0.3, 0.4) is 0 Å². The highest BCUT2D eigenvalue weighted by Crippen LogP contribution is 2.23. The van der Waals surface area contributed by atoms with Gasteiger partial charge in [0.25, 0.3) is 0 Å². The smallest absolute Gasteiger partial charge is 0.226 e. The molecule has 3 aromatic rings. The van der Waals surface area contributed by atoms with E-state index in [-0.39, 0.29) is 5.41 Å². The fraction of sp³-hybridized carbons (Fsp3) is 0.409. The van der Waals surface area contributed by atoms with Crippen LogP contribution in [0, 0.1) is 6.92 Å². The van der Waals surface area contributed by atoms with Gasteiger partial charge in [-0.15, -0.1) is 11.3 Å². The summed E-state index contributed by atoms with van der Waals surface area (Å²) in [5.74, 6) is 1.35. The Balaban J connectivity index is 1.62. The van der Waals surface area contributed by atoms with Gasteiger partial charge in [0, 0.05) is 22.9 Å². The second kappa shape index (κ2) is 9.22. The Morgan fingerprint density at radius 3 is 2.55 bits per heavy atom. The van der Waals surface area contributed by atoms with E-state index in [1.165, 1.54) is 5.56 Å². The molecule has 0 atom stereocenters. The van der Waals surface area contributed by atoms with Crippen LogP contribution in [0.5, 0.6) is 0 Å². The third-order valence-electron chi connectivity index (χ3n) is 4.32. The monoisotopic (exact) mass is 411 g/mol. The van der Waals surface area contributed by atoms with E-state index >= 15 is 0 Å². The molecule has 2 N–H and O–H groups in total. The number of nitrogens with zero attached hydrogens (tertiary/aromatic N) is 3. The molecule has 7 heteroatoms. The van der Waals surface area contributed by atoms with Crippen molar-refractivity contribution >= 4 is 17.3 Å². The lowest BCUT2D eigenvalue weighted by Crippen LogP contribution is -2.36. The molecule has 0 aliphatic rings. The van der Waals surface area contributed by atoms with E-state index in [1.54, 1.807) is 17.6 Å². The summed E-state index contributed by atoms with van der Waals surface area (Å²) >= 11 is 1.67. The van der Waals surface area contributed by atoms with Crippen molar-refractivity contribution in [2.24, 2.45) is 4.99 Å². The molecule has 2 aromatic heterocycles. The van der Waals surface area contributed by atoms with Crippen LogP contribution in [0.4, 0.5) is 0 Å².